The number of aromatic amines is 2. The summed E-state index contributed by atoms with van der Waals surface area (Å²) in [4.78, 5) is 12.5. The fraction of sp³-hybridized carbons (Fsp3) is 0.731. The highest BCUT2D eigenvalue weighted by atomic mass is 32.1. The Morgan fingerprint density at radius 2 is 1.27 bits per heavy atom. The average Bonchev–Trinajstić information content (AvgIpc) is 3.85. The second-order valence-corrected chi connectivity index (χ2v) is 11.7. The van der Waals surface area contributed by atoms with E-state index in [0.29, 0.717) is 93.6 Å². The Bertz CT molecular complexity index is 1150. The summed E-state index contributed by atoms with van der Waals surface area (Å²) in [6, 6.07) is -0.643. The van der Waals surface area contributed by atoms with Crippen molar-refractivity contribution in [3.8, 4) is 0 Å². The molecule has 3 heterocycles. The Balaban J connectivity index is 1.62. The van der Waals surface area contributed by atoms with E-state index in [2.05, 4.69) is 79.6 Å². The number of urea groups is 1. The van der Waals surface area contributed by atoms with E-state index >= 15 is 0 Å². The van der Waals surface area contributed by atoms with Gasteiger partial charge < -0.3 is 33.7 Å². The average molecular weight is 737 g/mol. The molecule has 3 rings (SSSR count). The zero-order valence-electron chi connectivity index (χ0n) is 26.9. The summed E-state index contributed by atoms with van der Waals surface area (Å²) >= 11 is 12.4. The molecule has 0 saturated carbocycles. The van der Waals surface area contributed by atoms with Crippen LogP contribution >= 0.6 is 37.9 Å². The maximum absolute atomic E-state index is 12.5. The van der Waals surface area contributed by atoms with Crippen molar-refractivity contribution in [2.75, 3.05) is 76.7 Å². The van der Waals surface area contributed by atoms with E-state index in [4.69, 9.17) is 34.3 Å². The molecule has 0 spiro atoms. The third-order valence-corrected chi connectivity index (χ3v) is 6.91. The van der Waals surface area contributed by atoms with E-state index in [-0.39, 0.29) is 39.6 Å². The zero-order valence-corrected chi connectivity index (χ0v) is 29.6. The molecule has 3 aromatic heterocycles. The van der Waals surface area contributed by atoms with Crippen LogP contribution in [0.3, 0.4) is 0 Å². The maximum Gasteiger partial charge on any atom is 0.329 e. The summed E-state index contributed by atoms with van der Waals surface area (Å²) in [6.45, 7) is 5.32. The molecule has 0 unspecified atom stereocenters. The van der Waals surface area contributed by atoms with Crippen LogP contribution in [-0.4, -0.2) is 124 Å². The molecule has 0 atom stereocenters. The van der Waals surface area contributed by atoms with E-state index in [0.717, 1.165) is 0 Å². The van der Waals surface area contributed by atoms with E-state index < -0.39 is 11.6 Å². The summed E-state index contributed by atoms with van der Waals surface area (Å²) in [7, 11) is 0. The topological polar surface area (TPSA) is 218 Å². The Morgan fingerprint density at radius 3 is 1.77 bits per heavy atom. The molecule has 0 aromatic carbocycles. The highest BCUT2D eigenvalue weighted by molar-refractivity contribution is 7.80. The molecule has 0 saturated heterocycles. The number of rotatable bonds is 28. The van der Waals surface area contributed by atoms with Crippen molar-refractivity contribution in [1.82, 2.24) is 46.4 Å². The number of hydrogen-bond acceptors (Lipinski definition) is 15. The Kier molecular flexibility index (Phi) is 19.7. The molecule has 6 N–H and O–H groups in total. The largest absolute Gasteiger partial charge is 0.379 e. The zero-order chi connectivity index (χ0) is 34.3. The van der Waals surface area contributed by atoms with Crippen molar-refractivity contribution >= 4 is 43.9 Å². The van der Waals surface area contributed by atoms with Crippen molar-refractivity contribution < 1.29 is 42.6 Å². The van der Waals surface area contributed by atoms with E-state index in [9.17, 15) is 4.79 Å². The number of carbonyl (C=O) groups excluding carboxylic acids is 1. The van der Waals surface area contributed by atoms with Crippen molar-refractivity contribution in [2.24, 2.45) is 5.84 Å². The highest BCUT2D eigenvalue weighted by Gasteiger charge is 2.35. The first-order valence-electron chi connectivity index (χ1n) is 15.3. The lowest BCUT2D eigenvalue weighted by molar-refractivity contribution is -0.754. The first kappa shape index (κ1) is 39.9. The number of nitrogens with two attached hydrogens (primary N) is 1. The number of thiol groups is 3. The van der Waals surface area contributed by atoms with Gasteiger partial charge in [-0.15, -0.1) is 5.10 Å². The van der Waals surface area contributed by atoms with Gasteiger partial charge in [-0.2, -0.15) is 47.2 Å². The third-order valence-electron chi connectivity index (χ3n) is 6.36. The molecule has 0 aliphatic carbocycles. The second-order valence-electron chi connectivity index (χ2n) is 10.4. The minimum absolute atomic E-state index is 0.00342. The molecule has 0 aliphatic rings. The minimum atomic E-state index is -1.17. The van der Waals surface area contributed by atoms with Crippen LogP contribution in [0.25, 0.3) is 0 Å². The maximum atomic E-state index is 12.5. The van der Waals surface area contributed by atoms with Crippen molar-refractivity contribution in [2.45, 2.75) is 45.0 Å². The summed E-state index contributed by atoms with van der Waals surface area (Å²) in [6.07, 6.45) is 5.41. The number of hydrogen-bond donors (Lipinski definition) is 8. The molecule has 270 valence electrons. The minimum Gasteiger partial charge on any atom is -0.379 e. The van der Waals surface area contributed by atoms with Crippen LogP contribution in [0.15, 0.2) is 18.6 Å². The molecular weight excluding hydrogens is 689 g/mol. The SMILES string of the molecule is NNC(=O)NC(COCc1cn(CCOCCS)nn1)(COCc1c[n+](CCOCCS)[nH]n1)COCc1c[n+](CCOCCS)[nH]n1. The lowest BCUT2D eigenvalue weighted by Gasteiger charge is -2.33. The van der Waals surface area contributed by atoms with Gasteiger partial charge in [-0.3, -0.25) is 5.43 Å². The highest BCUT2D eigenvalue weighted by Crippen LogP contribution is 2.13. The lowest BCUT2D eigenvalue weighted by Crippen LogP contribution is -2.61. The molecule has 3 aromatic rings. The van der Waals surface area contributed by atoms with Crippen LogP contribution in [0.4, 0.5) is 4.79 Å². The number of carbonyl (C=O) groups is 1. The molecule has 0 radical (unpaired) electrons. The predicted octanol–water partition coefficient (Wildman–Crippen LogP) is -2.00. The molecule has 22 heteroatoms. The number of nitrogens with one attached hydrogen (secondary N) is 4. The van der Waals surface area contributed by atoms with Crippen molar-refractivity contribution in [3.05, 3.63) is 35.7 Å². The Morgan fingerprint density at radius 1 is 0.771 bits per heavy atom. The fourth-order valence-corrected chi connectivity index (χ4v) is 4.55. The molecule has 2 amide bonds. The van der Waals surface area contributed by atoms with Gasteiger partial charge in [0.1, 0.15) is 37.5 Å². The first-order chi connectivity index (χ1) is 23.5. The number of amides is 2. The molecule has 19 nitrogen and oxygen atoms in total. The third kappa shape index (κ3) is 15.8. The van der Waals surface area contributed by atoms with Gasteiger partial charge in [0.2, 0.25) is 11.4 Å². The quantitative estimate of drug-likeness (QED) is 0.0101. The van der Waals surface area contributed by atoms with Gasteiger partial charge in [0, 0.05) is 27.5 Å². The number of hydrazine groups is 1. The smallest absolute Gasteiger partial charge is 0.329 e. The van der Waals surface area contributed by atoms with E-state index in [1.54, 1.807) is 20.2 Å². The normalized spacial score (nSPS) is 11.8. The lowest BCUT2D eigenvalue weighted by atomic mass is 10.0. The number of H-pyrrole nitrogens is 2. The van der Waals surface area contributed by atoms with Gasteiger partial charge in [0.25, 0.3) is 0 Å². The summed E-state index contributed by atoms with van der Waals surface area (Å²) < 4.78 is 39.8. The van der Waals surface area contributed by atoms with Gasteiger partial charge in [-0.1, -0.05) is 15.6 Å². The summed E-state index contributed by atoms with van der Waals surface area (Å²) in [5.41, 5.74) is 2.84. The van der Waals surface area contributed by atoms with Crippen LogP contribution in [-0.2, 0) is 67.9 Å². The van der Waals surface area contributed by atoms with Gasteiger partial charge in [-0.05, 0) is 0 Å². The molecular formula is C26H48N12O7S3+2. The van der Waals surface area contributed by atoms with Gasteiger partial charge in [0.15, 0.2) is 12.4 Å². The Hall–Kier alpha value is -2.54. The molecule has 0 bridgehead atoms. The van der Waals surface area contributed by atoms with Crippen LogP contribution in [0.2, 0.25) is 0 Å². The van der Waals surface area contributed by atoms with Crippen LogP contribution in [0, 0.1) is 0 Å². The van der Waals surface area contributed by atoms with Gasteiger partial charge in [-0.25, -0.2) is 15.3 Å². The van der Waals surface area contributed by atoms with Crippen molar-refractivity contribution in [3.63, 3.8) is 0 Å². The summed E-state index contributed by atoms with van der Waals surface area (Å²) in [5, 5.41) is 25.5. The summed E-state index contributed by atoms with van der Waals surface area (Å²) in [5.74, 6) is 7.39. The number of aromatic nitrogens is 9. The molecule has 48 heavy (non-hydrogen) atoms. The standard InChI is InChI=1S/C26H46N12O7S3/c27-29-25(39)28-26(19-43-16-22-13-36(33-30-22)1-4-40-7-10-46,20-44-17-23-14-37(34-31-23)2-5-41-8-11-47)21-45-18-24-15-38(35-32-24)3-6-42-9-12-48/h13-15H,1-12,16-21H2,(H7,27,28,29,30,31,32,33,34,35,39,46,47,48)/p+2. The van der Waals surface area contributed by atoms with Crippen LogP contribution in [0.1, 0.15) is 17.1 Å². The van der Waals surface area contributed by atoms with E-state index in [1.807, 2.05) is 12.4 Å². The monoisotopic (exact) mass is 736 g/mol. The first-order valence-corrected chi connectivity index (χ1v) is 17.2. The Labute approximate surface area is 295 Å². The fourth-order valence-electron chi connectivity index (χ4n) is 4.16. The van der Waals surface area contributed by atoms with Gasteiger partial charge >= 0.3 is 6.03 Å². The van der Waals surface area contributed by atoms with E-state index in [1.165, 1.54) is 0 Å². The molecule has 0 aliphatic heterocycles. The van der Waals surface area contributed by atoms with Crippen LogP contribution < -0.4 is 25.9 Å². The molecule has 0 fully saturated rings. The van der Waals surface area contributed by atoms with Gasteiger partial charge in [0.05, 0.1) is 78.8 Å². The number of ether oxygens (including phenoxy) is 6. The van der Waals surface area contributed by atoms with Crippen molar-refractivity contribution in [1.29, 1.82) is 0 Å². The number of nitrogens with zero attached hydrogens (tertiary/aromatic N) is 7. The predicted molar refractivity (Wildman–Crippen MR) is 179 cm³/mol. The van der Waals surface area contributed by atoms with Crippen LogP contribution in [0.5, 0.6) is 0 Å². The second kappa shape index (κ2) is 23.8.